The van der Waals surface area contributed by atoms with Crippen molar-refractivity contribution in [2.45, 2.75) is 51.5 Å². The van der Waals surface area contributed by atoms with E-state index in [2.05, 4.69) is 22.1 Å². The van der Waals surface area contributed by atoms with Crippen LogP contribution in [-0.2, 0) is 11.2 Å². The number of para-hydroxylation sites is 1. The normalized spacial score (nSPS) is 18.1. The molecule has 1 aliphatic rings. The molecule has 1 unspecified atom stereocenters. The molecule has 3 rings (SSSR count). The summed E-state index contributed by atoms with van der Waals surface area (Å²) in [7, 11) is 0. The molecule has 5 nitrogen and oxygen atoms in total. The third-order valence-corrected chi connectivity index (χ3v) is 5.34. The molecule has 1 saturated heterocycles. The first-order valence-corrected chi connectivity index (χ1v) is 9.75. The minimum absolute atomic E-state index is 0.0178. The summed E-state index contributed by atoms with van der Waals surface area (Å²) in [5.74, 6) is 0.0178. The van der Waals surface area contributed by atoms with E-state index in [-0.39, 0.29) is 11.5 Å². The first-order chi connectivity index (χ1) is 12.6. The lowest BCUT2D eigenvalue weighted by Gasteiger charge is -2.33. The van der Waals surface area contributed by atoms with Gasteiger partial charge in [-0.05, 0) is 56.7 Å². The fourth-order valence-electron chi connectivity index (χ4n) is 3.71. The van der Waals surface area contributed by atoms with Gasteiger partial charge in [-0.2, -0.15) is 0 Å². The van der Waals surface area contributed by atoms with E-state index in [4.69, 9.17) is 0 Å². The van der Waals surface area contributed by atoms with Gasteiger partial charge in [0.05, 0.1) is 0 Å². The van der Waals surface area contributed by atoms with E-state index in [9.17, 15) is 9.59 Å². The summed E-state index contributed by atoms with van der Waals surface area (Å²) in [5.41, 5.74) is 1.40. The third-order valence-electron chi connectivity index (χ3n) is 5.34. The minimum Gasteiger partial charge on any atom is -0.356 e. The molecule has 1 amide bonds. The van der Waals surface area contributed by atoms with Crippen molar-refractivity contribution in [1.82, 2.24) is 15.2 Å². The first-order valence-electron chi connectivity index (χ1n) is 9.75. The molecule has 0 spiro atoms. The second-order valence-electron chi connectivity index (χ2n) is 7.30. The predicted octanol–water partition coefficient (Wildman–Crippen LogP) is 2.84. The van der Waals surface area contributed by atoms with E-state index in [1.807, 2.05) is 30.3 Å². The van der Waals surface area contributed by atoms with Crippen LogP contribution in [0.25, 0.3) is 10.9 Å². The van der Waals surface area contributed by atoms with Crippen LogP contribution in [0.1, 0.15) is 44.6 Å². The van der Waals surface area contributed by atoms with E-state index in [1.54, 1.807) is 0 Å². The van der Waals surface area contributed by atoms with E-state index >= 15 is 0 Å². The second-order valence-corrected chi connectivity index (χ2v) is 7.30. The summed E-state index contributed by atoms with van der Waals surface area (Å²) in [6.45, 7) is 5.22. The largest absolute Gasteiger partial charge is 0.356 e. The smallest absolute Gasteiger partial charge is 0.251 e. The molecule has 1 aliphatic heterocycles. The fraction of sp³-hybridized carbons (Fsp3) is 0.524. The number of hydrogen-bond donors (Lipinski definition) is 2. The molecule has 1 aromatic heterocycles. The Bertz CT molecular complexity index is 799. The number of nitrogens with one attached hydrogen (secondary N) is 2. The average Bonchev–Trinajstić information content (AvgIpc) is 2.65. The van der Waals surface area contributed by atoms with Gasteiger partial charge in [0, 0.05) is 36.6 Å². The van der Waals surface area contributed by atoms with Gasteiger partial charge in [0.15, 0.2) is 0 Å². The van der Waals surface area contributed by atoms with Crippen molar-refractivity contribution in [3.05, 3.63) is 46.2 Å². The summed E-state index contributed by atoms with van der Waals surface area (Å²) in [4.78, 5) is 29.6. The van der Waals surface area contributed by atoms with E-state index in [1.165, 1.54) is 25.8 Å². The van der Waals surface area contributed by atoms with Gasteiger partial charge in [-0.3, -0.25) is 9.59 Å². The van der Waals surface area contributed by atoms with Crippen molar-refractivity contribution in [2.24, 2.45) is 0 Å². The Morgan fingerprint density at radius 2 is 2.15 bits per heavy atom. The maximum Gasteiger partial charge on any atom is 0.251 e. The topological polar surface area (TPSA) is 65.2 Å². The van der Waals surface area contributed by atoms with Crippen molar-refractivity contribution < 1.29 is 4.79 Å². The number of nitrogens with zero attached hydrogens (tertiary/aromatic N) is 1. The molecule has 0 aliphatic carbocycles. The number of hydrogen-bond acceptors (Lipinski definition) is 3. The minimum atomic E-state index is -0.101. The molecule has 5 heteroatoms. The molecule has 0 radical (unpaired) electrons. The highest BCUT2D eigenvalue weighted by atomic mass is 16.1. The highest BCUT2D eigenvalue weighted by Crippen LogP contribution is 2.16. The summed E-state index contributed by atoms with van der Waals surface area (Å²) in [6.07, 6.45) is 5.70. The zero-order valence-electron chi connectivity index (χ0n) is 15.6. The van der Waals surface area contributed by atoms with E-state index in [0.717, 1.165) is 23.9 Å². The Hall–Kier alpha value is -2.14. The summed E-state index contributed by atoms with van der Waals surface area (Å²) >= 11 is 0. The molecule has 2 aromatic rings. The molecule has 2 N–H and O–H groups in total. The molecule has 1 atom stereocenters. The first kappa shape index (κ1) is 18.6. The standard InChI is InChI=1S/C21H29N3O2/c1-16-7-4-5-13-24(16)14-6-12-22-20(25)11-10-18-15-17-8-2-3-9-19(17)23-21(18)26/h2-3,8-9,15-16H,4-7,10-14H2,1H3,(H,22,25)(H,23,26). The number of carbonyl (C=O) groups excluding carboxylic acids is 1. The number of aryl methyl sites for hydroxylation is 1. The number of amides is 1. The number of H-pyrrole nitrogens is 1. The van der Waals surface area contributed by atoms with Crippen molar-refractivity contribution in [2.75, 3.05) is 19.6 Å². The van der Waals surface area contributed by atoms with Crippen LogP contribution >= 0.6 is 0 Å². The number of aromatic nitrogens is 1. The van der Waals surface area contributed by atoms with Gasteiger partial charge in [0.25, 0.3) is 5.56 Å². The molecule has 140 valence electrons. The average molecular weight is 355 g/mol. The zero-order valence-corrected chi connectivity index (χ0v) is 15.6. The van der Waals surface area contributed by atoms with Gasteiger partial charge in [-0.1, -0.05) is 24.6 Å². The Kier molecular flexibility index (Phi) is 6.45. The molecular formula is C21H29N3O2. The lowest BCUT2D eigenvalue weighted by Crippen LogP contribution is -2.39. The van der Waals surface area contributed by atoms with Gasteiger partial charge in [-0.25, -0.2) is 0 Å². The van der Waals surface area contributed by atoms with Gasteiger partial charge in [0.1, 0.15) is 0 Å². The van der Waals surface area contributed by atoms with Crippen LogP contribution in [0.4, 0.5) is 0 Å². The number of rotatable bonds is 7. The number of fused-ring (bicyclic) bond motifs is 1. The predicted molar refractivity (Wildman–Crippen MR) is 105 cm³/mol. The number of aromatic amines is 1. The van der Waals surface area contributed by atoms with Crippen molar-refractivity contribution in [3.63, 3.8) is 0 Å². The Balaban J connectivity index is 1.41. The maximum atomic E-state index is 12.1. The van der Waals surface area contributed by atoms with Crippen molar-refractivity contribution >= 4 is 16.8 Å². The second kappa shape index (κ2) is 8.99. The summed E-state index contributed by atoms with van der Waals surface area (Å²) in [5, 5.41) is 3.98. The SMILES string of the molecule is CC1CCCCN1CCCNC(=O)CCc1cc2ccccc2[nH]c1=O. The van der Waals surface area contributed by atoms with Crippen LogP contribution < -0.4 is 10.9 Å². The lowest BCUT2D eigenvalue weighted by molar-refractivity contribution is -0.121. The molecule has 1 aromatic carbocycles. The molecular weight excluding hydrogens is 326 g/mol. The monoisotopic (exact) mass is 355 g/mol. The van der Waals surface area contributed by atoms with Crippen molar-refractivity contribution in [3.8, 4) is 0 Å². The van der Waals surface area contributed by atoms with Gasteiger partial charge >= 0.3 is 0 Å². The van der Waals surface area contributed by atoms with Crippen LogP contribution in [0.15, 0.2) is 35.1 Å². The van der Waals surface area contributed by atoms with Crippen LogP contribution in [-0.4, -0.2) is 41.5 Å². The summed E-state index contributed by atoms with van der Waals surface area (Å²) in [6, 6.07) is 10.3. The number of pyridine rings is 1. The lowest BCUT2D eigenvalue weighted by atomic mass is 10.0. The van der Waals surface area contributed by atoms with Crippen LogP contribution in [0, 0.1) is 0 Å². The molecule has 1 fully saturated rings. The van der Waals surface area contributed by atoms with Crippen LogP contribution in [0.2, 0.25) is 0 Å². The van der Waals surface area contributed by atoms with Gasteiger partial charge < -0.3 is 15.2 Å². The number of carbonyl (C=O) groups is 1. The Labute approximate surface area is 154 Å². The van der Waals surface area contributed by atoms with Gasteiger partial charge in [-0.15, -0.1) is 0 Å². The van der Waals surface area contributed by atoms with E-state index in [0.29, 0.717) is 31.0 Å². The van der Waals surface area contributed by atoms with Crippen molar-refractivity contribution in [1.29, 1.82) is 0 Å². The number of piperidine rings is 1. The Morgan fingerprint density at radius 1 is 1.31 bits per heavy atom. The highest BCUT2D eigenvalue weighted by molar-refractivity contribution is 5.79. The third kappa shape index (κ3) is 4.94. The molecule has 0 saturated carbocycles. The maximum absolute atomic E-state index is 12.1. The number of benzene rings is 1. The summed E-state index contributed by atoms with van der Waals surface area (Å²) < 4.78 is 0. The quantitative estimate of drug-likeness (QED) is 0.751. The van der Waals surface area contributed by atoms with E-state index < -0.39 is 0 Å². The van der Waals surface area contributed by atoms with Crippen LogP contribution in [0.3, 0.4) is 0 Å². The zero-order chi connectivity index (χ0) is 18.4. The van der Waals surface area contributed by atoms with Crippen LogP contribution in [0.5, 0.6) is 0 Å². The Morgan fingerprint density at radius 3 is 3.00 bits per heavy atom. The molecule has 26 heavy (non-hydrogen) atoms. The fourth-order valence-corrected chi connectivity index (χ4v) is 3.71. The molecule has 2 heterocycles. The van der Waals surface area contributed by atoms with Gasteiger partial charge in [0.2, 0.25) is 5.91 Å². The highest BCUT2D eigenvalue weighted by Gasteiger charge is 2.17. The number of likely N-dealkylation sites (tertiary alicyclic amines) is 1. The molecule has 0 bridgehead atoms.